The second-order valence-electron chi connectivity index (χ2n) is 5.60. The number of hydrogen-bond acceptors (Lipinski definition) is 3. The normalized spacial score (nSPS) is 18.0. The number of carbonyl (C=O) groups is 1. The van der Waals surface area contributed by atoms with Crippen molar-refractivity contribution in [1.82, 2.24) is 0 Å². The molecule has 108 valence electrons. The smallest absolute Gasteiger partial charge is 0.163 e. The summed E-state index contributed by atoms with van der Waals surface area (Å²) < 4.78 is 0. The van der Waals surface area contributed by atoms with E-state index in [0.717, 1.165) is 25.2 Å². The summed E-state index contributed by atoms with van der Waals surface area (Å²) in [7, 11) is 0. The number of nitrogens with zero attached hydrogens (tertiary/aromatic N) is 1. The Morgan fingerprint density at radius 2 is 1.95 bits per heavy atom. The molecule has 1 fully saturated rings. The number of phenolic OH excluding ortho intramolecular Hbond substituents is 1. The van der Waals surface area contributed by atoms with Crippen molar-refractivity contribution in [2.24, 2.45) is 0 Å². The van der Waals surface area contributed by atoms with E-state index < -0.39 is 0 Å². The zero-order chi connectivity index (χ0) is 14.8. The molecule has 3 heteroatoms. The quantitative estimate of drug-likeness (QED) is 0.874. The van der Waals surface area contributed by atoms with E-state index in [0.29, 0.717) is 11.5 Å². The van der Waals surface area contributed by atoms with E-state index in [1.54, 1.807) is 12.1 Å². The average Bonchev–Trinajstić information content (AvgIpc) is 2.97. The van der Waals surface area contributed by atoms with Crippen molar-refractivity contribution in [3.63, 3.8) is 0 Å². The van der Waals surface area contributed by atoms with Gasteiger partial charge in [0.05, 0.1) is 5.56 Å². The van der Waals surface area contributed by atoms with E-state index in [1.807, 2.05) is 12.1 Å². The molecule has 1 aliphatic rings. The lowest BCUT2D eigenvalue weighted by Gasteiger charge is -2.19. The number of rotatable bonds is 3. The Morgan fingerprint density at radius 3 is 2.62 bits per heavy atom. The van der Waals surface area contributed by atoms with Crippen molar-refractivity contribution in [3.8, 4) is 5.75 Å². The predicted molar refractivity (Wildman–Crippen MR) is 84.1 cm³/mol. The van der Waals surface area contributed by atoms with Gasteiger partial charge in [-0.1, -0.05) is 30.3 Å². The molecule has 0 radical (unpaired) electrons. The van der Waals surface area contributed by atoms with Gasteiger partial charge in [0.1, 0.15) is 5.75 Å². The number of ketones is 1. The molecule has 2 aromatic carbocycles. The molecule has 1 saturated heterocycles. The van der Waals surface area contributed by atoms with Crippen LogP contribution < -0.4 is 4.90 Å². The summed E-state index contributed by atoms with van der Waals surface area (Å²) >= 11 is 0. The fraction of sp³-hybridized carbons (Fsp3) is 0.278. The fourth-order valence-corrected chi connectivity index (χ4v) is 3.01. The highest BCUT2D eigenvalue weighted by Crippen LogP contribution is 2.33. The molecule has 1 atom stereocenters. The molecule has 1 aliphatic heterocycles. The number of carbonyl (C=O) groups excluding carboxylic acids is 1. The van der Waals surface area contributed by atoms with E-state index >= 15 is 0 Å². The van der Waals surface area contributed by atoms with Crippen LogP contribution in [0, 0.1) is 0 Å². The van der Waals surface area contributed by atoms with Crippen LogP contribution >= 0.6 is 0 Å². The molecule has 21 heavy (non-hydrogen) atoms. The standard InChI is InChI=1S/C18H19NO2/c1-13(20)17-8-7-16(11-18(17)21)19-10-9-15(12-19)14-5-3-2-4-6-14/h2-8,11,15,21H,9-10,12H2,1H3. The van der Waals surface area contributed by atoms with Crippen molar-refractivity contribution >= 4 is 11.5 Å². The van der Waals surface area contributed by atoms with Crippen LogP contribution in [-0.2, 0) is 0 Å². The number of anilines is 1. The van der Waals surface area contributed by atoms with E-state index in [4.69, 9.17) is 0 Å². The first-order valence-electron chi connectivity index (χ1n) is 7.29. The maximum atomic E-state index is 11.4. The van der Waals surface area contributed by atoms with Crippen LogP contribution in [0.1, 0.15) is 35.2 Å². The zero-order valence-corrected chi connectivity index (χ0v) is 12.1. The minimum atomic E-state index is -0.109. The van der Waals surface area contributed by atoms with E-state index in [2.05, 4.69) is 29.2 Å². The third-order valence-corrected chi connectivity index (χ3v) is 4.18. The lowest BCUT2D eigenvalue weighted by Crippen LogP contribution is -2.19. The van der Waals surface area contributed by atoms with Gasteiger partial charge in [-0.2, -0.15) is 0 Å². The van der Waals surface area contributed by atoms with Crippen LogP contribution in [0.25, 0.3) is 0 Å². The molecule has 0 saturated carbocycles. The lowest BCUT2D eigenvalue weighted by molar-refractivity contribution is 0.101. The minimum absolute atomic E-state index is 0.0724. The first kappa shape index (κ1) is 13.7. The molecule has 1 heterocycles. The Labute approximate surface area is 124 Å². The van der Waals surface area contributed by atoms with Crippen molar-refractivity contribution < 1.29 is 9.90 Å². The first-order valence-corrected chi connectivity index (χ1v) is 7.29. The Balaban J connectivity index is 1.77. The van der Waals surface area contributed by atoms with Crippen LogP contribution in [0.2, 0.25) is 0 Å². The molecule has 0 amide bonds. The molecule has 0 spiro atoms. The number of Topliss-reactive ketones (excluding diaryl/α,β-unsaturated/α-hetero) is 1. The van der Waals surface area contributed by atoms with Crippen LogP contribution in [0.5, 0.6) is 5.75 Å². The lowest BCUT2D eigenvalue weighted by atomic mass is 9.99. The fourth-order valence-electron chi connectivity index (χ4n) is 3.01. The molecular weight excluding hydrogens is 262 g/mol. The third-order valence-electron chi connectivity index (χ3n) is 4.18. The second-order valence-corrected chi connectivity index (χ2v) is 5.60. The predicted octanol–water partition coefficient (Wildman–Crippen LogP) is 3.59. The molecule has 1 N–H and O–H groups in total. The number of benzene rings is 2. The summed E-state index contributed by atoms with van der Waals surface area (Å²) in [5.41, 5.74) is 2.73. The van der Waals surface area contributed by atoms with Crippen LogP contribution in [-0.4, -0.2) is 24.0 Å². The van der Waals surface area contributed by atoms with Crippen molar-refractivity contribution in [3.05, 3.63) is 59.7 Å². The summed E-state index contributed by atoms with van der Waals surface area (Å²) in [5.74, 6) is 0.492. The summed E-state index contributed by atoms with van der Waals surface area (Å²) in [6.45, 7) is 3.39. The second kappa shape index (κ2) is 5.60. The molecule has 1 unspecified atom stereocenters. The van der Waals surface area contributed by atoms with Crippen molar-refractivity contribution in [2.45, 2.75) is 19.3 Å². The molecule has 0 aromatic heterocycles. The first-order chi connectivity index (χ1) is 10.1. The van der Waals surface area contributed by atoms with Gasteiger partial charge >= 0.3 is 0 Å². The van der Waals surface area contributed by atoms with E-state index in [-0.39, 0.29) is 11.5 Å². The number of hydrogen-bond donors (Lipinski definition) is 1. The number of aromatic hydroxyl groups is 1. The van der Waals surface area contributed by atoms with Gasteiger partial charge < -0.3 is 10.0 Å². The van der Waals surface area contributed by atoms with Crippen molar-refractivity contribution in [2.75, 3.05) is 18.0 Å². The Hall–Kier alpha value is -2.29. The summed E-state index contributed by atoms with van der Waals surface area (Å²) in [5, 5.41) is 9.96. The van der Waals surface area contributed by atoms with Gasteiger partial charge in [-0.25, -0.2) is 0 Å². The van der Waals surface area contributed by atoms with E-state index in [1.165, 1.54) is 12.5 Å². The van der Waals surface area contributed by atoms with E-state index in [9.17, 15) is 9.90 Å². The Morgan fingerprint density at radius 1 is 1.19 bits per heavy atom. The monoisotopic (exact) mass is 281 g/mol. The van der Waals surface area contributed by atoms with Crippen LogP contribution in [0.4, 0.5) is 5.69 Å². The topological polar surface area (TPSA) is 40.5 Å². The number of phenols is 1. The molecule has 0 aliphatic carbocycles. The summed E-state index contributed by atoms with van der Waals surface area (Å²) in [4.78, 5) is 13.6. The Bertz CT molecular complexity index is 652. The van der Waals surface area contributed by atoms with Gasteiger partial charge in [-0.3, -0.25) is 4.79 Å². The molecule has 0 bridgehead atoms. The third kappa shape index (κ3) is 2.77. The summed E-state index contributed by atoms with van der Waals surface area (Å²) in [6, 6.07) is 15.9. The maximum Gasteiger partial charge on any atom is 0.163 e. The molecule has 2 aromatic rings. The average molecular weight is 281 g/mol. The maximum absolute atomic E-state index is 11.4. The highest BCUT2D eigenvalue weighted by atomic mass is 16.3. The highest BCUT2D eigenvalue weighted by molar-refractivity contribution is 5.97. The van der Waals surface area contributed by atoms with Gasteiger partial charge in [0.15, 0.2) is 5.78 Å². The molecule has 3 rings (SSSR count). The SMILES string of the molecule is CC(=O)c1ccc(N2CCC(c3ccccc3)C2)cc1O. The highest BCUT2D eigenvalue weighted by Gasteiger charge is 2.24. The van der Waals surface area contributed by atoms with Gasteiger partial charge in [0.2, 0.25) is 0 Å². The van der Waals surface area contributed by atoms with Gasteiger partial charge in [-0.15, -0.1) is 0 Å². The molecular formula is C18H19NO2. The van der Waals surface area contributed by atoms with Gasteiger partial charge in [-0.05, 0) is 31.0 Å². The minimum Gasteiger partial charge on any atom is -0.507 e. The largest absolute Gasteiger partial charge is 0.507 e. The van der Waals surface area contributed by atoms with Crippen LogP contribution in [0.15, 0.2) is 48.5 Å². The van der Waals surface area contributed by atoms with Gasteiger partial charge in [0.25, 0.3) is 0 Å². The van der Waals surface area contributed by atoms with Crippen LogP contribution in [0.3, 0.4) is 0 Å². The molecule has 3 nitrogen and oxygen atoms in total. The van der Waals surface area contributed by atoms with Crippen molar-refractivity contribution in [1.29, 1.82) is 0 Å². The summed E-state index contributed by atoms with van der Waals surface area (Å²) in [6.07, 6.45) is 1.11. The Kier molecular flexibility index (Phi) is 3.65. The zero-order valence-electron chi connectivity index (χ0n) is 12.1. The van der Waals surface area contributed by atoms with Gasteiger partial charge in [0, 0.05) is 30.8 Å².